The van der Waals surface area contributed by atoms with Crippen molar-refractivity contribution in [2.45, 2.75) is 13.2 Å². The minimum Gasteiger partial charge on any atom is -0.488 e. The predicted octanol–water partition coefficient (Wildman–Crippen LogP) is 3.59. The summed E-state index contributed by atoms with van der Waals surface area (Å²) in [6.07, 6.45) is 0. The summed E-state index contributed by atoms with van der Waals surface area (Å²) in [5.74, 6) is 0.533. The van der Waals surface area contributed by atoms with Crippen molar-refractivity contribution in [2.75, 3.05) is 39.4 Å². The highest BCUT2D eigenvalue weighted by molar-refractivity contribution is 9.10. The van der Waals surface area contributed by atoms with Crippen molar-refractivity contribution in [1.29, 1.82) is 0 Å². The van der Waals surface area contributed by atoms with Crippen molar-refractivity contribution in [3.63, 3.8) is 0 Å². The highest BCUT2D eigenvalue weighted by Gasteiger charge is 2.10. The third-order valence-electron chi connectivity index (χ3n) is 4.39. The fourth-order valence-electron chi connectivity index (χ4n) is 2.88. The number of morpholine rings is 1. The lowest BCUT2D eigenvalue weighted by Gasteiger charge is -2.26. The second-order valence-electron chi connectivity index (χ2n) is 6.26. The summed E-state index contributed by atoms with van der Waals surface area (Å²) in [7, 11) is 0. The van der Waals surface area contributed by atoms with Crippen molar-refractivity contribution in [3.8, 4) is 5.75 Å². The van der Waals surface area contributed by atoms with Crippen molar-refractivity contribution in [2.24, 2.45) is 0 Å². The summed E-state index contributed by atoms with van der Waals surface area (Å²) in [5, 5.41) is 3.47. The van der Waals surface area contributed by atoms with Crippen LogP contribution in [0.25, 0.3) is 0 Å². The summed E-state index contributed by atoms with van der Waals surface area (Å²) in [6, 6.07) is 12.6. The van der Waals surface area contributed by atoms with E-state index >= 15 is 0 Å². The predicted molar refractivity (Wildman–Crippen MR) is 104 cm³/mol. The Morgan fingerprint density at radius 3 is 2.73 bits per heavy atom. The van der Waals surface area contributed by atoms with Crippen LogP contribution < -0.4 is 10.1 Å². The van der Waals surface area contributed by atoms with Gasteiger partial charge < -0.3 is 14.8 Å². The Balaban J connectivity index is 1.52. The monoisotopic (exact) mass is 422 g/mol. The number of ether oxygens (including phenoxy) is 2. The first kappa shape index (κ1) is 19.3. The second kappa shape index (κ2) is 10.0. The van der Waals surface area contributed by atoms with Gasteiger partial charge in [-0.1, -0.05) is 34.1 Å². The highest BCUT2D eigenvalue weighted by atomic mass is 79.9. The quantitative estimate of drug-likeness (QED) is 0.659. The molecule has 0 unspecified atom stereocenters. The molecule has 1 N–H and O–H groups in total. The molecule has 140 valence electrons. The van der Waals surface area contributed by atoms with Gasteiger partial charge in [-0.25, -0.2) is 4.39 Å². The van der Waals surface area contributed by atoms with E-state index in [1.807, 2.05) is 24.3 Å². The Kier molecular flexibility index (Phi) is 7.43. The molecule has 1 aliphatic heterocycles. The lowest BCUT2D eigenvalue weighted by atomic mass is 10.2. The van der Waals surface area contributed by atoms with Gasteiger partial charge in [-0.15, -0.1) is 0 Å². The standard InChI is InChI=1S/C20H24BrFN2O2/c21-18-5-6-20(26-15-16-3-1-2-4-19(16)22)17(13-18)14-23-7-8-24-9-11-25-12-10-24/h1-6,13,23H,7-12,14-15H2. The van der Waals surface area contributed by atoms with Crippen LogP contribution in [0, 0.1) is 5.82 Å². The number of halogens is 2. The Morgan fingerprint density at radius 2 is 1.92 bits per heavy atom. The molecule has 4 nitrogen and oxygen atoms in total. The average molecular weight is 423 g/mol. The van der Waals surface area contributed by atoms with E-state index in [0.717, 1.165) is 55.2 Å². The summed E-state index contributed by atoms with van der Waals surface area (Å²) >= 11 is 3.51. The maximum atomic E-state index is 13.8. The average Bonchev–Trinajstić information content (AvgIpc) is 2.66. The van der Waals surface area contributed by atoms with Gasteiger partial charge in [0.2, 0.25) is 0 Å². The van der Waals surface area contributed by atoms with E-state index in [0.29, 0.717) is 12.1 Å². The van der Waals surface area contributed by atoms with Crippen molar-refractivity contribution in [1.82, 2.24) is 10.2 Å². The van der Waals surface area contributed by atoms with Crippen LogP contribution in [-0.2, 0) is 17.9 Å². The van der Waals surface area contributed by atoms with Gasteiger partial charge in [0.1, 0.15) is 18.2 Å². The minimum absolute atomic E-state index is 0.217. The molecule has 0 amide bonds. The molecule has 0 aromatic heterocycles. The van der Waals surface area contributed by atoms with Crippen LogP contribution in [0.5, 0.6) is 5.75 Å². The van der Waals surface area contributed by atoms with Gasteiger partial charge in [0.05, 0.1) is 13.2 Å². The topological polar surface area (TPSA) is 33.7 Å². The van der Waals surface area contributed by atoms with E-state index < -0.39 is 0 Å². The molecule has 0 aliphatic carbocycles. The van der Waals surface area contributed by atoms with Crippen molar-refractivity contribution < 1.29 is 13.9 Å². The molecule has 2 aromatic carbocycles. The van der Waals surface area contributed by atoms with E-state index in [-0.39, 0.29) is 12.4 Å². The first-order chi connectivity index (χ1) is 12.7. The van der Waals surface area contributed by atoms with E-state index in [2.05, 4.69) is 26.1 Å². The zero-order valence-corrected chi connectivity index (χ0v) is 16.3. The molecular weight excluding hydrogens is 399 g/mol. The molecule has 1 saturated heterocycles. The second-order valence-corrected chi connectivity index (χ2v) is 7.18. The minimum atomic E-state index is -0.241. The number of rotatable bonds is 8. The lowest BCUT2D eigenvalue weighted by molar-refractivity contribution is 0.0384. The van der Waals surface area contributed by atoms with Gasteiger partial charge in [0.25, 0.3) is 0 Å². The Hall–Kier alpha value is -1.47. The zero-order valence-electron chi connectivity index (χ0n) is 14.7. The fourth-order valence-corrected chi connectivity index (χ4v) is 3.29. The number of hydrogen-bond donors (Lipinski definition) is 1. The molecule has 1 aliphatic rings. The molecule has 1 fully saturated rings. The molecule has 1 heterocycles. The highest BCUT2D eigenvalue weighted by Crippen LogP contribution is 2.24. The lowest BCUT2D eigenvalue weighted by Crippen LogP contribution is -2.40. The van der Waals surface area contributed by atoms with Gasteiger partial charge >= 0.3 is 0 Å². The number of hydrogen-bond acceptors (Lipinski definition) is 4. The molecule has 2 aromatic rings. The normalized spacial score (nSPS) is 15.2. The van der Waals surface area contributed by atoms with Crippen LogP contribution in [-0.4, -0.2) is 44.3 Å². The summed E-state index contributed by atoms with van der Waals surface area (Å²) in [6.45, 7) is 6.46. The summed E-state index contributed by atoms with van der Waals surface area (Å²) in [5.41, 5.74) is 1.61. The smallest absolute Gasteiger partial charge is 0.129 e. The zero-order chi connectivity index (χ0) is 18.2. The summed E-state index contributed by atoms with van der Waals surface area (Å²) in [4.78, 5) is 2.40. The molecule has 0 atom stereocenters. The van der Waals surface area contributed by atoms with E-state index in [1.54, 1.807) is 12.1 Å². The third kappa shape index (κ3) is 5.77. The maximum absolute atomic E-state index is 13.8. The first-order valence-corrected chi connectivity index (χ1v) is 9.67. The van der Waals surface area contributed by atoms with E-state index in [1.165, 1.54) is 6.07 Å². The van der Waals surface area contributed by atoms with Crippen LogP contribution in [0.4, 0.5) is 4.39 Å². The van der Waals surface area contributed by atoms with Gasteiger partial charge in [-0.05, 0) is 24.3 Å². The number of nitrogens with zero attached hydrogens (tertiary/aromatic N) is 1. The van der Waals surface area contributed by atoms with Crippen LogP contribution in [0.15, 0.2) is 46.9 Å². The van der Waals surface area contributed by atoms with Crippen LogP contribution in [0.3, 0.4) is 0 Å². The number of benzene rings is 2. The molecule has 6 heteroatoms. The largest absolute Gasteiger partial charge is 0.488 e. The Bertz CT molecular complexity index is 708. The van der Waals surface area contributed by atoms with Gasteiger partial charge in [-0.3, -0.25) is 4.90 Å². The Labute approximate surface area is 162 Å². The van der Waals surface area contributed by atoms with Crippen LogP contribution >= 0.6 is 15.9 Å². The first-order valence-electron chi connectivity index (χ1n) is 8.88. The fraction of sp³-hybridized carbons (Fsp3) is 0.400. The molecular formula is C20H24BrFN2O2. The van der Waals surface area contributed by atoms with Crippen molar-refractivity contribution >= 4 is 15.9 Å². The third-order valence-corrected chi connectivity index (χ3v) is 4.88. The van der Waals surface area contributed by atoms with E-state index in [9.17, 15) is 4.39 Å². The van der Waals surface area contributed by atoms with Crippen LogP contribution in [0.1, 0.15) is 11.1 Å². The number of nitrogens with one attached hydrogen (secondary N) is 1. The van der Waals surface area contributed by atoms with Crippen LogP contribution in [0.2, 0.25) is 0 Å². The maximum Gasteiger partial charge on any atom is 0.129 e. The van der Waals surface area contributed by atoms with E-state index in [4.69, 9.17) is 9.47 Å². The molecule has 0 saturated carbocycles. The SMILES string of the molecule is Fc1ccccc1COc1ccc(Br)cc1CNCCN1CCOCC1. The molecule has 0 spiro atoms. The van der Waals surface area contributed by atoms with Crippen molar-refractivity contribution in [3.05, 3.63) is 63.9 Å². The molecule has 3 rings (SSSR count). The molecule has 0 radical (unpaired) electrons. The van der Waals surface area contributed by atoms with Gasteiger partial charge in [0.15, 0.2) is 0 Å². The molecule has 26 heavy (non-hydrogen) atoms. The molecule has 0 bridgehead atoms. The van der Waals surface area contributed by atoms with Gasteiger partial charge in [-0.2, -0.15) is 0 Å². The Morgan fingerprint density at radius 1 is 1.12 bits per heavy atom. The van der Waals surface area contributed by atoms with Gasteiger partial charge in [0, 0.05) is 48.3 Å². The summed E-state index contributed by atoms with van der Waals surface area (Å²) < 4.78 is 26.0.